The van der Waals surface area contributed by atoms with Crippen LogP contribution in [0.15, 0.2) is 29.2 Å². The number of halogens is 1. The van der Waals surface area contributed by atoms with Crippen molar-refractivity contribution in [3.8, 4) is 0 Å². The van der Waals surface area contributed by atoms with Crippen LogP contribution in [0.3, 0.4) is 0 Å². The van der Waals surface area contributed by atoms with Crippen molar-refractivity contribution < 1.29 is 12.8 Å². The largest absolute Gasteiger partial charge is 0.305 e. The minimum atomic E-state index is -3.73. The van der Waals surface area contributed by atoms with Crippen molar-refractivity contribution in [2.24, 2.45) is 0 Å². The highest BCUT2D eigenvalue weighted by atomic mass is 32.2. The molecule has 1 aromatic carbocycles. The van der Waals surface area contributed by atoms with Crippen molar-refractivity contribution in [2.45, 2.75) is 23.8 Å². The molecule has 0 aliphatic carbocycles. The van der Waals surface area contributed by atoms with E-state index in [1.165, 1.54) is 22.5 Å². The van der Waals surface area contributed by atoms with Crippen LogP contribution in [-0.4, -0.2) is 50.8 Å². The monoisotopic (exact) mass is 286 g/mol. The summed E-state index contributed by atoms with van der Waals surface area (Å²) in [5.41, 5.74) is 0. The Bertz CT molecular complexity index is 545. The van der Waals surface area contributed by atoms with Gasteiger partial charge in [-0.2, -0.15) is 4.31 Å². The van der Waals surface area contributed by atoms with Gasteiger partial charge in [-0.05, 0) is 39.1 Å². The van der Waals surface area contributed by atoms with E-state index in [-0.39, 0.29) is 10.9 Å². The molecule has 1 saturated heterocycles. The second-order valence-corrected chi connectivity index (χ2v) is 6.96. The summed E-state index contributed by atoms with van der Waals surface area (Å²) in [5, 5.41) is 0. The molecule has 2 rings (SSSR count). The van der Waals surface area contributed by atoms with E-state index in [1.807, 2.05) is 19.0 Å². The minimum absolute atomic E-state index is 0.190. The van der Waals surface area contributed by atoms with Crippen molar-refractivity contribution in [1.29, 1.82) is 0 Å². The molecule has 1 heterocycles. The maximum Gasteiger partial charge on any atom is 0.246 e. The van der Waals surface area contributed by atoms with E-state index in [0.29, 0.717) is 13.1 Å². The van der Waals surface area contributed by atoms with Gasteiger partial charge in [0.2, 0.25) is 10.0 Å². The molecular formula is C13H19FN2O2S. The quantitative estimate of drug-likeness (QED) is 0.846. The van der Waals surface area contributed by atoms with Gasteiger partial charge in [0, 0.05) is 19.1 Å². The van der Waals surface area contributed by atoms with Crippen LogP contribution in [0.5, 0.6) is 0 Å². The van der Waals surface area contributed by atoms with Crippen molar-refractivity contribution in [2.75, 3.05) is 27.2 Å². The molecule has 0 radical (unpaired) electrons. The number of likely N-dealkylation sites (N-methyl/N-ethyl adjacent to an activating group) is 1. The van der Waals surface area contributed by atoms with Crippen LogP contribution in [-0.2, 0) is 10.0 Å². The van der Waals surface area contributed by atoms with Gasteiger partial charge in [-0.1, -0.05) is 12.1 Å². The number of hydrogen-bond donors (Lipinski definition) is 0. The van der Waals surface area contributed by atoms with Gasteiger partial charge in [0.05, 0.1) is 0 Å². The van der Waals surface area contributed by atoms with Gasteiger partial charge in [-0.3, -0.25) is 0 Å². The highest BCUT2D eigenvalue weighted by molar-refractivity contribution is 7.89. The lowest BCUT2D eigenvalue weighted by Gasteiger charge is -2.35. The Morgan fingerprint density at radius 3 is 2.63 bits per heavy atom. The number of piperidine rings is 1. The van der Waals surface area contributed by atoms with Crippen molar-refractivity contribution in [1.82, 2.24) is 9.21 Å². The molecule has 1 fully saturated rings. The highest BCUT2D eigenvalue weighted by Crippen LogP contribution is 2.23. The highest BCUT2D eigenvalue weighted by Gasteiger charge is 2.32. The zero-order valence-electron chi connectivity index (χ0n) is 11.2. The van der Waals surface area contributed by atoms with Gasteiger partial charge in [0.15, 0.2) is 0 Å². The summed E-state index contributed by atoms with van der Waals surface area (Å²) in [5.74, 6) is -0.686. The lowest BCUT2D eigenvalue weighted by Crippen LogP contribution is -2.47. The van der Waals surface area contributed by atoms with Gasteiger partial charge in [-0.15, -0.1) is 0 Å². The molecule has 1 atom stereocenters. The molecule has 19 heavy (non-hydrogen) atoms. The SMILES string of the molecule is CN(C)C1CCCN(S(=O)(=O)c2ccccc2F)C1. The first-order chi connectivity index (χ1) is 8.93. The summed E-state index contributed by atoms with van der Waals surface area (Å²) >= 11 is 0. The molecule has 0 bridgehead atoms. The maximum atomic E-state index is 13.7. The molecule has 0 amide bonds. The van der Waals surface area contributed by atoms with E-state index in [4.69, 9.17) is 0 Å². The molecule has 106 valence electrons. The van der Waals surface area contributed by atoms with Crippen molar-refractivity contribution in [3.05, 3.63) is 30.1 Å². The fraction of sp³-hybridized carbons (Fsp3) is 0.538. The van der Waals surface area contributed by atoms with Gasteiger partial charge < -0.3 is 4.90 Å². The standard InChI is InChI=1S/C13H19FN2O2S/c1-15(2)11-6-5-9-16(10-11)19(17,18)13-8-4-3-7-12(13)14/h3-4,7-8,11H,5-6,9-10H2,1-2H3. The molecule has 0 saturated carbocycles. The molecule has 0 N–H and O–H groups in total. The summed E-state index contributed by atoms with van der Waals surface area (Å²) in [7, 11) is 0.141. The first kappa shape index (κ1) is 14.4. The fourth-order valence-corrected chi connectivity index (χ4v) is 3.93. The Kier molecular flexibility index (Phi) is 4.23. The average molecular weight is 286 g/mol. The Morgan fingerprint density at radius 1 is 1.32 bits per heavy atom. The van der Waals surface area contributed by atoms with E-state index in [1.54, 1.807) is 6.07 Å². The third-order valence-corrected chi connectivity index (χ3v) is 5.44. The Balaban J connectivity index is 2.28. The Hall–Kier alpha value is -0.980. The van der Waals surface area contributed by atoms with Crippen LogP contribution in [0.1, 0.15) is 12.8 Å². The molecule has 1 aliphatic rings. The molecule has 1 aliphatic heterocycles. The normalized spacial score (nSPS) is 21.8. The second kappa shape index (κ2) is 5.56. The van der Waals surface area contributed by atoms with Crippen molar-refractivity contribution >= 4 is 10.0 Å². The first-order valence-corrected chi connectivity index (χ1v) is 7.78. The fourth-order valence-electron chi connectivity index (χ4n) is 2.35. The van der Waals surface area contributed by atoms with E-state index in [9.17, 15) is 12.8 Å². The lowest BCUT2D eigenvalue weighted by molar-refractivity contribution is 0.190. The van der Waals surface area contributed by atoms with Gasteiger partial charge in [0.25, 0.3) is 0 Å². The van der Waals surface area contributed by atoms with Crippen LogP contribution >= 0.6 is 0 Å². The predicted molar refractivity (Wildman–Crippen MR) is 71.9 cm³/mol. The minimum Gasteiger partial charge on any atom is -0.305 e. The van der Waals surface area contributed by atoms with Crippen LogP contribution in [0.4, 0.5) is 4.39 Å². The van der Waals surface area contributed by atoms with Gasteiger partial charge >= 0.3 is 0 Å². The molecule has 6 heteroatoms. The third-order valence-electron chi connectivity index (χ3n) is 3.54. The van der Waals surface area contributed by atoms with Gasteiger partial charge in [0.1, 0.15) is 10.7 Å². The summed E-state index contributed by atoms with van der Waals surface area (Å²) in [6, 6.07) is 5.73. The number of nitrogens with zero attached hydrogens (tertiary/aromatic N) is 2. The van der Waals surface area contributed by atoms with Crippen LogP contribution in [0.2, 0.25) is 0 Å². The molecule has 1 aromatic rings. The average Bonchev–Trinajstić information content (AvgIpc) is 2.39. The van der Waals surface area contributed by atoms with Crippen LogP contribution < -0.4 is 0 Å². The van der Waals surface area contributed by atoms with E-state index < -0.39 is 15.8 Å². The smallest absolute Gasteiger partial charge is 0.246 e. The Morgan fingerprint density at radius 2 is 2.00 bits per heavy atom. The van der Waals surface area contributed by atoms with Crippen LogP contribution in [0.25, 0.3) is 0 Å². The summed E-state index contributed by atoms with van der Waals surface area (Å²) in [6.07, 6.45) is 1.77. The lowest BCUT2D eigenvalue weighted by atomic mass is 10.1. The van der Waals surface area contributed by atoms with Gasteiger partial charge in [-0.25, -0.2) is 12.8 Å². The zero-order valence-corrected chi connectivity index (χ0v) is 12.0. The summed E-state index contributed by atoms with van der Waals surface area (Å²) in [6.45, 7) is 0.880. The molecule has 4 nitrogen and oxygen atoms in total. The molecule has 0 aromatic heterocycles. The number of hydrogen-bond acceptors (Lipinski definition) is 3. The van der Waals surface area contributed by atoms with E-state index in [2.05, 4.69) is 0 Å². The second-order valence-electron chi connectivity index (χ2n) is 5.05. The summed E-state index contributed by atoms with van der Waals surface area (Å²) < 4.78 is 40.0. The molecular weight excluding hydrogens is 267 g/mol. The first-order valence-electron chi connectivity index (χ1n) is 6.34. The van der Waals surface area contributed by atoms with E-state index >= 15 is 0 Å². The molecule has 1 unspecified atom stereocenters. The number of sulfonamides is 1. The number of rotatable bonds is 3. The summed E-state index contributed by atoms with van der Waals surface area (Å²) in [4.78, 5) is 1.79. The van der Waals surface area contributed by atoms with Crippen LogP contribution in [0, 0.1) is 5.82 Å². The Labute approximate surface area is 113 Å². The predicted octanol–water partition coefficient (Wildman–Crippen LogP) is 1.54. The number of benzene rings is 1. The molecule has 0 spiro atoms. The van der Waals surface area contributed by atoms with E-state index in [0.717, 1.165) is 12.8 Å². The third kappa shape index (κ3) is 2.96. The maximum absolute atomic E-state index is 13.7. The topological polar surface area (TPSA) is 40.6 Å². The van der Waals surface area contributed by atoms with Crippen molar-refractivity contribution in [3.63, 3.8) is 0 Å². The zero-order chi connectivity index (χ0) is 14.0.